The molecule has 3 N–H and O–H groups in total. The van der Waals surface area contributed by atoms with Crippen molar-refractivity contribution < 1.29 is 0 Å². The Morgan fingerprint density at radius 3 is 2.73 bits per heavy atom. The molecule has 0 aromatic carbocycles. The summed E-state index contributed by atoms with van der Waals surface area (Å²) in [5.41, 5.74) is 6.12. The van der Waals surface area contributed by atoms with Crippen LogP contribution in [0.5, 0.6) is 0 Å². The highest BCUT2D eigenvalue weighted by Gasteiger charge is 1.88. The van der Waals surface area contributed by atoms with E-state index in [2.05, 4.69) is 4.98 Å². The third-order valence-electron chi connectivity index (χ3n) is 1.24. The number of rotatable bonds is 2. The molecule has 0 saturated heterocycles. The second-order valence-electron chi connectivity index (χ2n) is 2.08. The summed E-state index contributed by atoms with van der Waals surface area (Å²) in [6.07, 6.45) is 0.732. The van der Waals surface area contributed by atoms with E-state index < -0.39 is 0 Å². The normalized spacial score (nSPS) is 8.82. The summed E-state index contributed by atoms with van der Waals surface area (Å²) in [6.45, 7) is 0.569. The lowest BCUT2D eigenvalue weighted by Crippen LogP contribution is -2.10. The van der Waals surface area contributed by atoms with Crippen molar-refractivity contribution in [1.29, 1.82) is 0 Å². The molecule has 0 radical (unpaired) electrons. The van der Waals surface area contributed by atoms with Crippen molar-refractivity contribution >= 4 is 17.0 Å². The lowest BCUT2D eigenvalue weighted by Gasteiger charge is -1.94. The number of nitrogens with one attached hydrogen (secondary N) is 1. The molecule has 0 amide bonds. The first-order chi connectivity index (χ1) is 4.83. The summed E-state index contributed by atoms with van der Waals surface area (Å²) in [4.78, 5) is 13.3. The van der Waals surface area contributed by atoms with Crippen LogP contribution in [0.1, 0.15) is 5.69 Å². The molecule has 1 rings (SSSR count). The largest absolute Gasteiger partial charge is 0.330 e. The SMILES string of the molecule is Br.NCCc1cccc(=O)[nH]1. The summed E-state index contributed by atoms with van der Waals surface area (Å²) >= 11 is 0. The van der Waals surface area contributed by atoms with E-state index in [1.807, 2.05) is 6.07 Å². The van der Waals surface area contributed by atoms with E-state index in [4.69, 9.17) is 5.73 Å². The Labute approximate surface area is 75.4 Å². The van der Waals surface area contributed by atoms with Crippen LogP contribution in [0, 0.1) is 0 Å². The number of H-pyrrole nitrogens is 1. The topological polar surface area (TPSA) is 58.9 Å². The van der Waals surface area contributed by atoms with E-state index in [1.165, 1.54) is 6.07 Å². The van der Waals surface area contributed by atoms with Crippen LogP contribution in [0.25, 0.3) is 0 Å². The van der Waals surface area contributed by atoms with E-state index in [1.54, 1.807) is 6.07 Å². The maximum absolute atomic E-state index is 10.7. The van der Waals surface area contributed by atoms with Gasteiger partial charge in [0, 0.05) is 11.8 Å². The molecule has 4 heteroatoms. The van der Waals surface area contributed by atoms with E-state index in [9.17, 15) is 4.79 Å². The molecule has 0 bridgehead atoms. The summed E-state index contributed by atoms with van der Waals surface area (Å²) in [6, 6.07) is 5.07. The van der Waals surface area contributed by atoms with Crippen molar-refractivity contribution in [3.05, 3.63) is 34.2 Å². The summed E-state index contributed by atoms with van der Waals surface area (Å²) in [5, 5.41) is 0. The van der Waals surface area contributed by atoms with Gasteiger partial charge in [0.1, 0.15) is 0 Å². The predicted octanol–water partition coefficient (Wildman–Crippen LogP) is 0.454. The molecule has 1 heterocycles. The standard InChI is InChI=1S/C7H10N2O.BrH/c8-5-4-6-2-1-3-7(10)9-6;/h1-3H,4-5,8H2,(H,9,10);1H. The Balaban J connectivity index is 0.000001000. The molecule has 0 unspecified atom stereocenters. The van der Waals surface area contributed by atoms with Gasteiger partial charge in [0.25, 0.3) is 0 Å². The van der Waals surface area contributed by atoms with Crippen molar-refractivity contribution in [1.82, 2.24) is 4.98 Å². The fourth-order valence-electron chi connectivity index (χ4n) is 0.795. The third kappa shape index (κ3) is 3.34. The van der Waals surface area contributed by atoms with Gasteiger partial charge in [-0.15, -0.1) is 17.0 Å². The zero-order valence-electron chi connectivity index (χ0n) is 6.04. The number of hydrogen-bond acceptors (Lipinski definition) is 2. The van der Waals surface area contributed by atoms with Gasteiger partial charge in [-0.1, -0.05) is 6.07 Å². The monoisotopic (exact) mass is 218 g/mol. The van der Waals surface area contributed by atoms with Crippen LogP contribution < -0.4 is 11.3 Å². The van der Waals surface area contributed by atoms with Gasteiger partial charge < -0.3 is 10.7 Å². The molecule has 0 atom stereocenters. The fraction of sp³-hybridized carbons (Fsp3) is 0.286. The molecule has 0 aliphatic heterocycles. The Bertz CT molecular complexity index is 259. The first kappa shape index (κ1) is 10.4. The molecule has 0 fully saturated rings. The molecular formula is C7H11BrN2O. The molecule has 3 nitrogen and oxygen atoms in total. The van der Waals surface area contributed by atoms with Crippen LogP contribution in [0.2, 0.25) is 0 Å². The van der Waals surface area contributed by atoms with Gasteiger partial charge in [-0.25, -0.2) is 0 Å². The lowest BCUT2D eigenvalue weighted by atomic mass is 10.3. The minimum absolute atomic E-state index is 0. The number of halogens is 1. The minimum atomic E-state index is -0.0639. The van der Waals surface area contributed by atoms with Crippen molar-refractivity contribution in [2.75, 3.05) is 6.54 Å². The van der Waals surface area contributed by atoms with Gasteiger partial charge in [-0.2, -0.15) is 0 Å². The molecular weight excluding hydrogens is 208 g/mol. The summed E-state index contributed by atoms with van der Waals surface area (Å²) in [5.74, 6) is 0. The number of aromatic amines is 1. The van der Waals surface area contributed by atoms with E-state index in [0.717, 1.165) is 12.1 Å². The first-order valence-electron chi connectivity index (χ1n) is 3.21. The fourth-order valence-corrected chi connectivity index (χ4v) is 0.795. The maximum Gasteiger partial charge on any atom is 0.248 e. The first-order valence-corrected chi connectivity index (χ1v) is 3.21. The van der Waals surface area contributed by atoms with Crippen LogP contribution in [0.3, 0.4) is 0 Å². The summed E-state index contributed by atoms with van der Waals surface area (Å²) < 4.78 is 0. The van der Waals surface area contributed by atoms with Crippen LogP contribution in [-0.4, -0.2) is 11.5 Å². The second-order valence-corrected chi connectivity index (χ2v) is 2.08. The highest BCUT2D eigenvalue weighted by atomic mass is 79.9. The zero-order chi connectivity index (χ0) is 7.40. The van der Waals surface area contributed by atoms with Crippen molar-refractivity contribution in [3.8, 4) is 0 Å². The molecule has 0 saturated carbocycles. The van der Waals surface area contributed by atoms with Crippen molar-refractivity contribution in [2.24, 2.45) is 5.73 Å². The van der Waals surface area contributed by atoms with Gasteiger partial charge in [0.05, 0.1) is 0 Å². The van der Waals surface area contributed by atoms with E-state index in [0.29, 0.717) is 6.54 Å². The number of hydrogen-bond donors (Lipinski definition) is 2. The summed E-state index contributed by atoms with van der Waals surface area (Å²) in [7, 11) is 0. The molecule has 62 valence electrons. The van der Waals surface area contributed by atoms with Crippen molar-refractivity contribution in [2.45, 2.75) is 6.42 Å². The Kier molecular flexibility index (Phi) is 4.81. The van der Waals surface area contributed by atoms with E-state index in [-0.39, 0.29) is 22.5 Å². The molecule has 0 aliphatic carbocycles. The highest BCUT2D eigenvalue weighted by Crippen LogP contribution is 1.88. The van der Waals surface area contributed by atoms with Gasteiger partial charge in [-0.05, 0) is 19.0 Å². The lowest BCUT2D eigenvalue weighted by molar-refractivity contribution is 0.913. The quantitative estimate of drug-likeness (QED) is 0.758. The smallest absolute Gasteiger partial charge is 0.248 e. The maximum atomic E-state index is 10.7. The van der Waals surface area contributed by atoms with Crippen LogP contribution >= 0.6 is 17.0 Å². The van der Waals surface area contributed by atoms with Crippen LogP contribution in [0.4, 0.5) is 0 Å². The Hall–Kier alpha value is -0.610. The van der Waals surface area contributed by atoms with Crippen LogP contribution in [-0.2, 0) is 6.42 Å². The average molecular weight is 219 g/mol. The van der Waals surface area contributed by atoms with E-state index >= 15 is 0 Å². The predicted molar refractivity (Wildman–Crippen MR) is 50.1 cm³/mol. The third-order valence-corrected chi connectivity index (χ3v) is 1.24. The molecule has 0 aliphatic rings. The van der Waals surface area contributed by atoms with Gasteiger partial charge >= 0.3 is 0 Å². The van der Waals surface area contributed by atoms with Gasteiger partial charge in [-0.3, -0.25) is 4.79 Å². The number of aromatic nitrogens is 1. The zero-order valence-corrected chi connectivity index (χ0v) is 7.75. The Morgan fingerprint density at radius 2 is 2.18 bits per heavy atom. The molecule has 1 aromatic heterocycles. The van der Waals surface area contributed by atoms with Gasteiger partial charge in [0.2, 0.25) is 5.56 Å². The average Bonchev–Trinajstić information content (AvgIpc) is 1.88. The van der Waals surface area contributed by atoms with Gasteiger partial charge in [0.15, 0.2) is 0 Å². The molecule has 1 aromatic rings. The number of nitrogens with two attached hydrogens (primary N) is 1. The van der Waals surface area contributed by atoms with Crippen molar-refractivity contribution in [3.63, 3.8) is 0 Å². The molecule has 0 spiro atoms. The molecule has 11 heavy (non-hydrogen) atoms. The van der Waals surface area contributed by atoms with Crippen LogP contribution in [0.15, 0.2) is 23.0 Å². The number of pyridine rings is 1. The highest BCUT2D eigenvalue weighted by molar-refractivity contribution is 8.93. The minimum Gasteiger partial charge on any atom is -0.330 e. The Morgan fingerprint density at radius 1 is 1.45 bits per heavy atom. The second kappa shape index (κ2) is 5.09.